The van der Waals surface area contributed by atoms with Gasteiger partial charge < -0.3 is 10.1 Å². The van der Waals surface area contributed by atoms with Crippen molar-refractivity contribution >= 4 is 5.96 Å². The van der Waals surface area contributed by atoms with Gasteiger partial charge in [-0.2, -0.15) is 0 Å². The maximum Gasteiger partial charge on any atom is 0.205 e. The Bertz CT molecular complexity index is 168. The van der Waals surface area contributed by atoms with E-state index in [0.717, 1.165) is 19.6 Å². The first-order chi connectivity index (χ1) is 6.36. The minimum atomic E-state index is 0.581. The SMILES string of the molecule is COCCCN=C(NN)NC1CC1. The van der Waals surface area contributed by atoms with E-state index in [1.807, 2.05) is 0 Å². The molecule has 0 bridgehead atoms. The van der Waals surface area contributed by atoms with Crippen LogP contribution in [0.3, 0.4) is 0 Å². The van der Waals surface area contributed by atoms with Crippen LogP contribution >= 0.6 is 0 Å². The third-order valence-electron chi connectivity index (χ3n) is 1.83. The lowest BCUT2D eigenvalue weighted by atomic mass is 10.5. The van der Waals surface area contributed by atoms with Gasteiger partial charge in [0.05, 0.1) is 0 Å². The fraction of sp³-hybridized carbons (Fsp3) is 0.875. The quantitative estimate of drug-likeness (QED) is 0.179. The molecule has 0 unspecified atom stereocenters. The van der Waals surface area contributed by atoms with Crippen LogP contribution in [0, 0.1) is 0 Å². The van der Waals surface area contributed by atoms with Crippen molar-refractivity contribution in [3.05, 3.63) is 0 Å². The monoisotopic (exact) mass is 186 g/mol. The molecule has 1 aliphatic rings. The lowest BCUT2D eigenvalue weighted by Gasteiger charge is -2.07. The van der Waals surface area contributed by atoms with Gasteiger partial charge in [0.2, 0.25) is 5.96 Å². The smallest absolute Gasteiger partial charge is 0.205 e. The van der Waals surface area contributed by atoms with Gasteiger partial charge in [-0.15, -0.1) is 0 Å². The van der Waals surface area contributed by atoms with E-state index in [-0.39, 0.29) is 0 Å². The molecule has 0 aromatic carbocycles. The third-order valence-corrected chi connectivity index (χ3v) is 1.83. The van der Waals surface area contributed by atoms with Crippen molar-refractivity contribution < 1.29 is 4.74 Å². The molecule has 0 atom stereocenters. The second-order valence-corrected chi connectivity index (χ2v) is 3.14. The number of guanidine groups is 1. The van der Waals surface area contributed by atoms with Gasteiger partial charge in [0, 0.05) is 26.3 Å². The number of hydrazine groups is 1. The van der Waals surface area contributed by atoms with Crippen molar-refractivity contribution in [1.29, 1.82) is 0 Å². The number of nitrogens with zero attached hydrogens (tertiary/aromatic N) is 1. The normalized spacial score (nSPS) is 17.2. The van der Waals surface area contributed by atoms with Crippen LogP contribution in [0.4, 0.5) is 0 Å². The molecule has 0 spiro atoms. The summed E-state index contributed by atoms with van der Waals surface area (Å²) < 4.78 is 4.91. The Balaban J connectivity index is 2.10. The standard InChI is InChI=1S/C8H18N4O/c1-13-6-2-5-10-8(12-9)11-7-3-4-7/h7H,2-6,9H2,1H3,(H2,10,11,12). The van der Waals surface area contributed by atoms with E-state index in [2.05, 4.69) is 15.7 Å². The second kappa shape index (κ2) is 5.77. The summed E-state index contributed by atoms with van der Waals surface area (Å²) in [6.07, 6.45) is 3.37. The molecule has 13 heavy (non-hydrogen) atoms. The molecule has 0 aromatic heterocycles. The Morgan fingerprint density at radius 3 is 2.92 bits per heavy atom. The van der Waals surface area contributed by atoms with E-state index in [0.29, 0.717) is 12.0 Å². The summed E-state index contributed by atoms with van der Waals surface area (Å²) in [5, 5.41) is 3.19. The number of nitrogens with one attached hydrogen (secondary N) is 2. The first-order valence-corrected chi connectivity index (χ1v) is 4.63. The predicted molar refractivity (Wildman–Crippen MR) is 52.3 cm³/mol. The molecular weight excluding hydrogens is 168 g/mol. The molecule has 1 saturated carbocycles. The van der Waals surface area contributed by atoms with Gasteiger partial charge in [0.15, 0.2) is 0 Å². The minimum Gasteiger partial charge on any atom is -0.385 e. The van der Waals surface area contributed by atoms with Gasteiger partial charge in [0.1, 0.15) is 0 Å². The number of rotatable bonds is 5. The average molecular weight is 186 g/mol. The summed E-state index contributed by atoms with van der Waals surface area (Å²) in [6.45, 7) is 1.48. The maximum absolute atomic E-state index is 5.29. The molecule has 5 nitrogen and oxygen atoms in total. The van der Waals surface area contributed by atoms with Crippen LogP contribution in [0.15, 0.2) is 4.99 Å². The third kappa shape index (κ3) is 4.69. The molecule has 0 saturated heterocycles. The van der Waals surface area contributed by atoms with E-state index < -0.39 is 0 Å². The molecule has 4 N–H and O–H groups in total. The molecule has 0 aromatic rings. The summed E-state index contributed by atoms with van der Waals surface area (Å²) in [6, 6.07) is 0.581. The highest BCUT2D eigenvalue weighted by Crippen LogP contribution is 2.18. The van der Waals surface area contributed by atoms with E-state index in [1.54, 1.807) is 7.11 Å². The largest absolute Gasteiger partial charge is 0.385 e. The van der Waals surface area contributed by atoms with Crippen molar-refractivity contribution in [3.63, 3.8) is 0 Å². The average Bonchev–Trinajstić information content (AvgIpc) is 2.94. The summed E-state index contributed by atoms with van der Waals surface area (Å²) in [5.41, 5.74) is 2.55. The lowest BCUT2D eigenvalue weighted by Crippen LogP contribution is -2.42. The van der Waals surface area contributed by atoms with Gasteiger partial charge in [-0.05, 0) is 19.3 Å². The number of ether oxygens (including phenoxy) is 1. The molecule has 0 heterocycles. The first kappa shape index (κ1) is 10.3. The van der Waals surface area contributed by atoms with Crippen molar-refractivity contribution in [3.8, 4) is 0 Å². The van der Waals surface area contributed by atoms with Crippen LogP contribution in [0.1, 0.15) is 19.3 Å². The van der Waals surface area contributed by atoms with Crippen LogP contribution in [-0.4, -0.2) is 32.3 Å². The molecule has 1 rings (SSSR count). The van der Waals surface area contributed by atoms with Crippen LogP contribution in [0.2, 0.25) is 0 Å². The van der Waals surface area contributed by atoms with Crippen molar-refractivity contribution in [2.45, 2.75) is 25.3 Å². The summed E-state index contributed by atoms with van der Waals surface area (Å²) >= 11 is 0. The Kier molecular flexibility index (Phi) is 4.56. The van der Waals surface area contributed by atoms with Crippen LogP contribution in [0.5, 0.6) is 0 Å². The Labute approximate surface area is 78.7 Å². The zero-order valence-electron chi connectivity index (χ0n) is 8.05. The second-order valence-electron chi connectivity index (χ2n) is 3.14. The molecular formula is C8H18N4O. The topological polar surface area (TPSA) is 71.7 Å². The zero-order chi connectivity index (χ0) is 9.52. The van der Waals surface area contributed by atoms with E-state index in [4.69, 9.17) is 10.6 Å². The Hall–Kier alpha value is -0.810. The molecule has 5 heteroatoms. The number of methoxy groups -OCH3 is 1. The van der Waals surface area contributed by atoms with Crippen molar-refractivity contribution in [1.82, 2.24) is 10.7 Å². The highest BCUT2D eigenvalue weighted by Gasteiger charge is 2.21. The van der Waals surface area contributed by atoms with Crippen molar-refractivity contribution in [2.24, 2.45) is 10.8 Å². The zero-order valence-corrected chi connectivity index (χ0v) is 8.05. The van der Waals surface area contributed by atoms with E-state index in [9.17, 15) is 0 Å². The predicted octanol–water partition coefficient (Wildman–Crippen LogP) is -0.406. The first-order valence-electron chi connectivity index (χ1n) is 4.63. The van der Waals surface area contributed by atoms with Gasteiger partial charge >= 0.3 is 0 Å². The number of hydrogen-bond donors (Lipinski definition) is 3. The summed E-state index contributed by atoms with van der Waals surface area (Å²) in [7, 11) is 1.69. The van der Waals surface area contributed by atoms with Crippen LogP contribution in [0.25, 0.3) is 0 Å². The molecule has 76 valence electrons. The van der Waals surface area contributed by atoms with E-state index in [1.165, 1.54) is 12.8 Å². The fourth-order valence-corrected chi connectivity index (χ4v) is 0.954. The highest BCUT2D eigenvalue weighted by atomic mass is 16.5. The summed E-state index contributed by atoms with van der Waals surface area (Å²) in [4.78, 5) is 4.25. The minimum absolute atomic E-state index is 0.581. The van der Waals surface area contributed by atoms with Gasteiger partial charge in [0.25, 0.3) is 0 Å². The Morgan fingerprint density at radius 1 is 1.62 bits per heavy atom. The Morgan fingerprint density at radius 2 is 2.38 bits per heavy atom. The molecule has 0 aliphatic heterocycles. The number of nitrogens with two attached hydrogens (primary N) is 1. The molecule has 1 fully saturated rings. The van der Waals surface area contributed by atoms with Crippen LogP contribution < -0.4 is 16.6 Å². The van der Waals surface area contributed by atoms with Gasteiger partial charge in [-0.3, -0.25) is 10.4 Å². The highest BCUT2D eigenvalue weighted by molar-refractivity contribution is 5.79. The summed E-state index contributed by atoms with van der Waals surface area (Å²) in [5.74, 6) is 5.98. The maximum atomic E-state index is 5.29. The number of hydrogen-bond acceptors (Lipinski definition) is 3. The van der Waals surface area contributed by atoms with Crippen LogP contribution in [-0.2, 0) is 4.74 Å². The lowest BCUT2D eigenvalue weighted by molar-refractivity contribution is 0.197. The molecule has 0 radical (unpaired) electrons. The molecule has 0 amide bonds. The van der Waals surface area contributed by atoms with Crippen molar-refractivity contribution in [2.75, 3.05) is 20.3 Å². The fourth-order valence-electron chi connectivity index (χ4n) is 0.954. The number of aliphatic imine (C=N–C) groups is 1. The van der Waals surface area contributed by atoms with Gasteiger partial charge in [-0.25, -0.2) is 5.84 Å². The van der Waals surface area contributed by atoms with E-state index >= 15 is 0 Å². The van der Waals surface area contributed by atoms with Gasteiger partial charge in [-0.1, -0.05) is 0 Å². The molecule has 1 aliphatic carbocycles.